The van der Waals surface area contributed by atoms with Gasteiger partial charge in [0.15, 0.2) is 0 Å². The fourth-order valence-electron chi connectivity index (χ4n) is 3.95. The monoisotopic (exact) mass is 461 g/mol. The van der Waals surface area contributed by atoms with Gasteiger partial charge in [0.25, 0.3) is 5.91 Å². The number of carbonyl (C=O) groups is 1. The third-order valence-electron chi connectivity index (χ3n) is 5.58. The number of amides is 1. The van der Waals surface area contributed by atoms with Gasteiger partial charge in [-0.1, -0.05) is 48.5 Å². The number of hydrogen-bond acceptors (Lipinski definition) is 3. The first kappa shape index (κ1) is 23.2. The van der Waals surface area contributed by atoms with Gasteiger partial charge in [0.2, 0.25) is 0 Å². The van der Waals surface area contributed by atoms with Crippen LogP contribution in [-0.2, 0) is 18.1 Å². The van der Waals surface area contributed by atoms with Crippen molar-refractivity contribution in [1.82, 2.24) is 15.3 Å². The van der Waals surface area contributed by atoms with Crippen LogP contribution in [0.25, 0.3) is 0 Å². The summed E-state index contributed by atoms with van der Waals surface area (Å²) in [6, 6.07) is 22.7. The van der Waals surface area contributed by atoms with E-state index in [2.05, 4.69) is 15.3 Å². The number of hydrogen-bond donors (Lipinski definition) is 1. The average Bonchev–Trinajstić information content (AvgIpc) is 2.84. The van der Waals surface area contributed by atoms with Crippen molar-refractivity contribution in [2.24, 2.45) is 0 Å². The highest BCUT2D eigenvalue weighted by Crippen LogP contribution is 2.37. The van der Waals surface area contributed by atoms with Crippen LogP contribution in [0.4, 0.5) is 13.2 Å². The van der Waals surface area contributed by atoms with Crippen LogP contribution in [0, 0.1) is 6.92 Å². The second-order valence-corrected chi connectivity index (χ2v) is 8.00. The first-order chi connectivity index (χ1) is 16.3. The molecule has 1 amide bonds. The van der Waals surface area contributed by atoms with Crippen molar-refractivity contribution in [2.75, 3.05) is 0 Å². The Morgan fingerprint density at radius 1 is 0.824 bits per heavy atom. The first-order valence-corrected chi connectivity index (χ1v) is 10.7. The lowest BCUT2D eigenvalue weighted by atomic mass is 9.79. The summed E-state index contributed by atoms with van der Waals surface area (Å²) in [4.78, 5) is 22.0. The van der Waals surface area contributed by atoms with Gasteiger partial charge in [0.1, 0.15) is 5.54 Å². The fourth-order valence-corrected chi connectivity index (χ4v) is 3.95. The number of nitrogens with one attached hydrogen (secondary N) is 1. The van der Waals surface area contributed by atoms with E-state index in [4.69, 9.17) is 0 Å². The molecule has 1 unspecified atom stereocenters. The molecule has 2 aromatic carbocycles. The summed E-state index contributed by atoms with van der Waals surface area (Å²) >= 11 is 0. The molecule has 4 rings (SSSR count). The lowest BCUT2D eigenvalue weighted by Crippen LogP contribution is -2.49. The van der Waals surface area contributed by atoms with Crippen LogP contribution >= 0.6 is 0 Å². The first-order valence-electron chi connectivity index (χ1n) is 10.7. The van der Waals surface area contributed by atoms with E-state index < -0.39 is 23.2 Å². The molecule has 0 spiro atoms. The van der Waals surface area contributed by atoms with Gasteiger partial charge in [-0.2, -0.15) is 13.2 Å². The average molecular weight is 461 g/mol. The summed E-state index contributed by atoms with van der Waals surface area (Å²) in [7, 11) is 0. The number of pyridine rings is 2. The predicted molar refractivity (Wildman–Crippen MR) is 123 cm³/mol. The molecule has 2 aromatic heterocycles. The van der Waals surface area contributed by atoms with E-state index in [9.17, 15) is 18.0 Å². The highest BCUT2D eigenvalue weighted by molar-refractivity contribution is 5.95. The normalized spacial score (nSPS) is 13.2. The molecule has 0 fully saturated rings. The predicted octanol–water partition coefficient (Wildman–Crippen LogP) is 5.72. The van der Waals surface area contributed by atoms with Crippen molar-refractivity contribution in [3.05, 3.63) is 131 Å². The van der Waals surface area contributed by atoms with E-state index in [0.29, 0.717) is 17.0 Å². The Balaban J connectivity index is 1.93. The van der Waals surface area contributed by atoms with Gasteiger partial charge in [-0.25, -0.2) is 0 Å². The number of aromatic nitrogens is 2. The summed E-state index contributed by atoms with van der Waals surface area (Å²) in [5.41, 5.74) is 0.384. The molecule has 1 N–H and O–H groups in total. The highest BCUT2D eigenvalue weighted by Gasteiger charge is 2.40. The van der Waals surface area contributed by atoms with Gasteiger partial charge in [-0.15, -0.1) is 0 Å². The molecular weight excluding hydrogens is 439 g/mol. The zero-order valence-corrected chi connectivity index (χ0v) is 18.4. The number of carbonyl (C=O) groups excluding carboxylic acids is 1. The van der Waals surface area contributed by atoms with Gasteiger partial charge in [0.05, 0.1) is 11.3 Å². The molecule has 0 aliphatic rings. The number of nitrogens with zero attached hydrogens (tertiary/aromatic N) is 2. The van der Waals surface area contributed by atoms with Crippen LogP contribution < -0.4 is 5.32 Å². The maximum Gasteiger partial charge on any atom is 0.416 e. The maximum atomic E-state index is 13.6. The third-order valence-corrected chi connectivity index (χ3v) is 5.58. The molecule has 2 heterocycles. The molecule has 0 radical (unpaired) electrons. The summed E-state index contributed by atoms with van der Waals surface area (Å²) in [6.07, 6.45) is -1.26. The molecule has 0 saturated heterocycles. The van der Waals surface area contributed by atoms with Crippen LogP contribution in [0.1, 0.15) is 38.4 Å². The van der Waals surface area contributed by atoms with E-state index >= 15 is 0 Å². The van der Waals surface area contributed by atoms with Crippen molar-refractivity contribution in [3.63, 3.8) is 0 Å². The zero-order valence-electron chi connectivity index (χ0n) is 18.4. The molecule has 0 bridgehead atoms. The molecule has 1 atom stereocenters. The number of rotatable bonds is 6. The second-order valence-electron chi connectivity index (χ2n) is 8.00. The summed E-state index contributed by atoms with van der Waals surface area (Å²) in [5, 5.41) is 3.04. The number of alkyl halides is 3. The van der Waals surface area contributed by atoms with Crippen LogP contribution in [0.5, 0.6) is 0 Å². The smallest absolute Gasteiger partial charge is 0.337 e. The number of aryl methyl sites for hydroxylation is 1. The molecule has 172 valence electrons. The lowest BCUT2D eigenvalue weighted by molar-refractivity contribution is -0.137. The van der Waals surface area contributed by atoms with E-state index in [0.717, 1.165) is 17.7 Å². The molecule has 7 heteroatoms. The molecule has 4 nitrogen and oxygen atoms in total. The van der Waals surface area contributed by atoms with Crippen molar-refractivity contribution in [2.45, 2.75) is 25.1 Å². The van der Waals surface area contributed by atoms with Gasteiger partial charge < -0.3 is 5.32 Å². The Hall–Kier alpha value is -4.00. The molecule has 0 aliphatic carbocycles. The van der Waals surface area contributed by atoms with Gasteiger partial charge >= 0.3 is 6.18 Å². The highest BCUT2D eigenvalue weighted by atomic mass is 19.4. The molecular formula is C27H22F3N3O. The quantitative estimate of drug-likeness (QED) is 0.400. The summed E-state index contributed by atoms with van der Waals surface area (Å²) in [6.45, 7) is 1.76. The minimum atomic E-state index is -4.54. The Morgan fingerprint density at radius 2 is 1.56 bits per heavy atom. The Kier molecular flexibility index (Phi) is 6.45. The zero-order chi connectivity index (χ0) is 24.2. The van der Waals surface area contributed by atoms with E-state index in [-0.39, 0.29) is 12.0 Å². The van der Waals surface area contributed by atoms with Crippen LogP contribution in [-0.4, -0.2) is 15.9 Å². The van der Waals surface area contributed by atoms with E-state index in [1.807, 2.05) is 30.3 Å². The van der Waals surface area contributed by atoms with E-state index in [1.54, 1.807) is 49.5 Å². The van der Waals surface area contributed by atoms with Crippen molar-refractivity contribution in [1.29, 1.82) is 0 Å². The molecule has 34 heavy (non-hydrogen) atoms. The van der Waals surface area contributed by atoms with Gasteiger partial charge in [-0.05, 0) is 54.4 Å². The lowest BCUT2D eigenvalue weighted by Gasteiger charge is -2.36. The SMILES string of the molecule is Cc1cc(C(=O)NC(Cc2ccccc2)(c2cccc(C(F)(F)F)c2)c2ccccn2)ccn1. The van der Waals surface area contributed by atoms with Gasteiger partial charge in [0, 0.05) is 30.1 Å². The Morgan fingerprint density at radius 3 is 2.24 bits per heavy atom. The Labute approximate surface area is 195 Å². The fraction of sp³-hybridized carbons (Fsp3) is 0.148. The second kappa shape index (κ2) is 9.47. The topological polar surface area (TPSA) is 54.9 Å². The largest absolute Gasteiger partial charge is 0.416 e. The standard InChI is InChI=1S/C27H22F3N3O/c1-19-16-21(13-15-31-19)25(34)33-26(24-12-5-6-14-32-24,18-20-8-3-2-4-9-20)22-10-7-11-23(17-22)27(28,29)30/h2-17H,18H2,1H3,(H,33,34). The van der Waals surface area contributed by atoms with Crippen LogP contribution in [0.3, 0.4) is 0 Å². The number of halogens is 3. The maximum absolute atomic E-state index is 13.6. The molecule has 0 aliphatic heterocycles. The van der Waals surface area contributed by atoms with E-state index in [1.165, 1.54) is 12.3 Å². The van der Waals surface area contributed by atoms with Crippen molar-refractivity contribution < 1.29 is 18.0 Å². The number of benzene rings is 2. The third kappa shape index (κ3) is 4.98. The van der Waals surface area contributed by atoms with Gasteiger partial charge in [-0.3, -0.25) is 14.8 Å². The van der Waals surface area contributed by atoms with Crippen LogP contribution in [0.15, 0.2) is 97.3 Å². The van der Waals surface area contributed by atoms with Crippen LogP contribution in [0.2, 0.25) is 0 Å². The summed E-state index contributed by atoms with van der Waals surface area (Å²) < 4.78 is 40.9. The molecule has 4 aromatic rings. The summed E-state index contributed by atoms with van der Waals surface area (Å²) in [5.74, 6) is -0.440. The van der Waals surface area contributed by atoms with Crippen molar-refractivity contribution >= 4 is 5.91 Å². The van der Waals surface area contributed by atoms with Crippen molar-refractivity contribution in [3.8, 4) is 0 Å². The molecule has 0 saturated carbocycles. The Bertz CT molecular complexity index is 1280. The minimum absolute atomic E-state index is 0.196. The minimum Gasteiger partial charge on any atom is -0.337 e.